The molecule has 0 aliphatic rings. The van der Waals surface area contributed by atoms with Crippen molar-refractivity contribution in [2.24, 2.45) is 0 Å². The fourth-order valence-electron chi connectivity index (χ4n) is 3.25. The number of benzene rings is 3. The third-order valence-electron chi connectivity index (χ3n) is 5.08. The van der Waals surface area contributed by atoms with Crippen LogP contribution in [0.1, 0.15) is 22.0 Å². The molecule has 0 saturated heterocycles. The number of amides is 1. The number of likely N-dealkylation sites (N-methyl/N-ethyl adjacent to an activating group) is 1. The van der Waals surface area contributed by atoms with Gasteiger partial charge >= 0.3 is 0 Å². The highest BCUT2D eigenvalue weighted by Gasteiger charge is 2.19. The summed E-state index contributed by atoms with van der Waals surface area (Å²) in [7, 11) is 1.64. The van der Waals surface area contributed by atoms with E-state index >= 15 is 0 Å². The van der Waals surface area contributed by atoms with E-state index in [-0.39, 0.29) is 22.4 Å². The van der Waals surface area contributed by atoms with E-state index in [1.165, 1.54) is 12.1 Å². The molecule has 0 aromatic heterocycles. The Kier molecular flexibility index (Phi) is 8.12. The normalized spacial score (nSPS) is 12.3. The number of rotatable bonds is 9. The van der Waals surface area contributed by atoms with E-state index in [4.69, 9.17) is 4.74 Å². The zero-order chi connectivity index (χ0) is 24.0. The number of hydrogen-bond donors (Lipinski definition) is 2. The third kappa shape index (κ3) is 6.56. The van der Waals surface area contributed by atoms with Gasteiger partial charge < -0.3 is 15.0 Å². The Morgan fingerprint density at radius 1 is 1.03 bits per heavy atom. The second-order valence-corrected chi connectivity index (χ2v) is 10.2. The molecular formula is C24H26BrN3O4S. The predicted molar refractivity (Wildman–Crippen MR) is 133 cm³/mol. The lowest BCUT2D eigenvalue weighted by molar-refractivity contribution is 0.0941. The number of carbonyl (C=O) groups excluding carboxylic acids is 1. The summed E-state index contributed by atoms with van der Waals surface area (Å²) in [4.78, 5) is 14.8. The Bertz CT molecular complexity index is 1200. The summed E-state index contributed by atoms with van der Waals surface area (Å²) < 4.78 is 34.1. The summed E-state index contributed by atoms with van der Waals surface area (Å²) in [5.74, 6) is 0.408. The molecule has 3 rings (SSSR count). The average molecular weight is 532 g/mol. The van der Waals surface area contributed by atoms with Gasteiger partial charge in [0.2, 0.25) is 0 Å². The van der Waals surface area contributed by atoms with Crippen molar-refractivity contribution in [2.45, 2.75) is 10.9 Å². The minimum Gasteiger partial charge on any atom is -0.497 e. The summed E-state index contributed by atoms with van der Waals surface area (Å²) in [6.07, 6.45) is 0. The van der Waals surface area contributed by atoms with E-state index in [1.807, 2.05) is 43.3 Å². The van der Waals surface area contributed by atoms with Gasteiger partial charge in [-0.25, -0.2) is 8.42 Å². The van der Waals surface area contributed by atoms with Crippen LogP contribution >= 0.6 is 15.9 Å². The Morgan fingerprint density at radius 3 is 2.30 bits per heavy atom. The molecule has 9 heteroatoms. The molecule has 2 N–H and O–H groups in total. The lowest BCUT2D eigenvalue weighted by Gasteiger charge is -2.25. The van der Waals surface area contributed by atoms with Gasteiger partial charge in [-0.05, 0) is 74.3 Å². The number of anilines is 1. The predicted octanol–water partition coefficient (Wildman–Crippen LogP) is 4.29. The maximum atomic E-state index is 12.8. The Labute approximate surface area is 202 Å². The number of sulfonamides is 1. The highest BCUT2D eigenvalue weighted by molar-refractivity contribution is 9.10. The van der Waals surface area contributed by atoms with Crippen LogP contribution in [0.2, 0.25) is 0 Å². The molecule has 0 saturated carbocycles. The molecule has 3 aromatic rings. The molecule has 0 unspecified atom stereocenters. The second-order valence-electron chi connectivity index (χ2n) is 7.60. The summed E-state index contributed by atoms with van der Waals surface area (Å²) in [6, 6.07) is 20.4. The standard InChI is InChI=1S/C24H26BrN3O4S/c1-28(2)23(17-7-13-21(32-3)14-8-17)16-26-24(29)18-5-4-6-22(15-18)33(30,31)27-20-11-9-19(25)10-12-20/h4-15,23,27H,16H2,1-3H3,(H,26,29)/t23-/m1/s1. The van der Waals surface area contributed by atoms with Crippen molar-refractivity contribution in [1.29, 1.82) is 0 Å². The fraction of sp³-hybridized carbons (Fsp3) is 0.208. The molecule has 0 bridgehead atoms. The van der Waals surface area contributed by atoms with Crippen molar-refractivity contribution in [2.75, 3.05) is 32.5 Å². The first kappa shape index (κ1) is 24.8. The number of halogens is 1. The zero-order valence-corrected chi connectivity index (χ0v) is 21.0. The van der Waals surface area contributed by atoms with Crippen molar-refractivity contribution < 1.29 is 17.9 Å². The van der Waals surface area contributed by atoms with E-state index in [0.29, 0.717) is 12.2 Å². The van der Waals surface area contributed by atoms with Gasteiger partial charge in [0.15, 0.2) is 0 Å². The summed E-state index contributed by atoms with van der Waals surface area (Å²) in [5.41, 5.74) is 1.72. The van der Waals surface area contributed by atoms with E-state index in [9.17, 15) is 13.2 Å². The molecule has 0 aliphatic heterocycles. The van der Waals surface area contributed by atoms with Crippen LogP contribution in [0.3, 0.4) is 0 Å². The van der Waals surface area contributed by atoms with Crippen LogP contribution in [-0.2, 0) is 10.0 Å². The molecule has 0 aliphatic carbocycles. The summed E-state index contributed by atoms with van der Waals surface area (Å²) in [5, 5.41) is 2.91. The van der Waals surface area contributed by atoms with Crippen molar-refractivity contribution in [3.63, 3.8) is 0 Å². The van der Waals surface area contributed by atoms with Crippen LogP contribution in [0.15, 0.2) is 82.2 Å². The highest BCUT2D eigenvalue weighted by Crippen LogP contribution is 2.22. The molecule has 0 spiro atoms. The monoisotopic (exact) mass is 531 g/mol. The maximum absolute atomic E-state index is 12.8. The van der Waals surface area contributed by atoms with Gasteiger partial charge in [-0.15, -0.1) is 0 Å². The number of nitrogens with zero attached hydrogens (tertiary/aromatic N) is 1. The molecular weight excluding hydrogens is 506 g/mol. The van der Waals surface area contributed by atoms with Crippen LogP contribution < -0.4 is 14.8 Å². The van der Waals surface area contributed by atoms with Gasteiger partial charge in [-0.3, -0.25) is 9.52 Å². The van der Waals surface area contributed by atoms with Gasteiger partial charge in [0.1, 0.15) is 5.75 Å². The van der Waals surface area contributed by atoms with E-state index < -0.39 is 10.0 Å². The minimum absolute atomic E-state index is 0.0115. The first-order valence-corrected chi connectivity index (χ1v) is 12.4. The van der Waals surface area contributed by atoms with E-state index in [0.717, 1.165) is 15.8 Å². The van der Waals surface area contributed by atoms with E-state index in [1.54, 1.807) is 43.5 Å². The van der Waals surface area contributed by atoms with Crippen LogP contribution in [0.4, 0.5) is 5.69 Å². The third-order valence-corrected chi connectivity index (χ3v) is 6.99. The Balaban J connectivity index is 1.72. The largest absolute Gasteiger partial charge is 0.497 e. The first-order valence-electron chi connectivity index (χ1n) is 10.2. The maximum Gasteiger partial charge on any atom is 0.261 e. The van der Waals surface area contributed by atoms with Crippen LogP contribution in [-0.4, -0.2) is 47.0 Å². The van der Waals surface area contributed by atoms with Crippen LogP contribution in [0, 0.1) is 0 Å². The second kappa shape index (κ2) is 10.8. The van der Waals surface area contributed by atoms with Crippen molar-refractivity contribution in [3.05, 3.63) is 88.4 Å². The Hall–Kier alpha value is -2.88. The fourth-order valence-corrected chi connectivity index (χ4v) is 4.62. The number of hydrogen-bond acceptors (Lipinski definition) is 5. The molecule has 174 valence electrons. The van der Waals surface area contributed by atoms with Gasteiger partial charge in [-0.2, -0.15) is 0 Å². The highest BCUT2D eigenvalue weighted by atomic mass is 79.9. The number of methoxy groups -OCH3 is 1. The quantitative estimate of drug-likeness (QED) is 0.430. The molecule has 1 amide bonds. The van der Waals surface area contributed by atoms with E-state index in [2.05, 4.69) is 26.0 Å². The SMILES string of the molecule is COc1ccc([C@@H](CNC(=O)c2cccc(S(=O)(=O)Nc3ccc(Br)cc3)c2)N(C)C)cc1. The van der Waals surface area contributed by atoms with Gasteiger partial charge in [0.25, 0.3) is 15.9 Å². The molecule has 1 atom stereocenters. The smallest absolute Gasteiger partial charge is 0.261 e. The molecule has 33 heavy (non-hydrogen) atoms. The molecule has 0 fully saturated rings. The van der Waals surface area contributed by atoms with Crippen LogP contribution in [0.25, 0.3) is 0 Å². The summed E-state index contributed by atoms with van der Waals surface area (Å²) in [6.45, 7) is 0.353. The van der Waals surface area contributed by atoms with Crippen molar-refractivity contribution in [1.82, 2.24) is 10.2 Å². The van der Waals surface area contributed by atoms with Crippen molar-refractivity contribution in [3.8, 4) is 5.75 Å². The molecule has 7 nitrogen and oxygen atoms in total. The summed E-state index contributed by atoms with van der Waals surface area (Å²) >= 11 is 3.32. The topological polar surface area (TPSA) is 87.7 Å². The molecule has 3 aromatic carbocycles. The lowest BCUT2D eigenvalue weighted by Crippen LogP contribution is -2.34. The van der Waals surface area contributed by atoms with Gasteiger partial charge in [-0.1, -0.05) is 34.1 Å². The lowest BCUT2D eigenvalue weighted by atomic mass is 10.1. The Morgan fingerprint density at radius 2 is 1.70 bits per heavy atom. The minimum atomic E-state index is -3.84. The number of carbonyl (C=O) groups is 1. The number of ether oxygens (including phenoxy) is 1. The molecule has 0 radical (unpaired) electrons. The first-order chi connectivity index (χ1) is 15.7. The zero-order valence-electron chi connectivity index (χ0n) is 18.6. The molecule has 0 heterocycles. The number of nitrogens with one attached hydrogen (secondary N) is 2. The van der Waals surface area contributed by atoms with Crippen molar-refractivity contribution >= 4 is 37.5 Å². The van der Waals surface area contributed by atoms with Crippen LogP contribution in [0.5, 0.6) is 5.75 Å². The van der Waals surface area contributed by atoms with Gasteiger partial charge in [0.05, 0.1) is 18.0 Å². The van der Waals surface area contributed by atoms with Gasteiger partial charge in [0, 0.05) is 22.3 Å². The average Bonchev–Trinajstić information content (AvgIpc) is 2.80.